The fourth-order valence-corrected chi connectivity index (χ4v) is 0.741. The number of amides is 1. The van der Waals surface area contributed by atoms with Crippen LogP contribution in [0.2, 0.25) is 0 Å². The van der Waals surface area contributed by atoms with E-state index in [1.165, 1.54) is 0 Å². The van der Waals surface area contributed by atoms with Crippen LogP contribution in [0, 0.1) is 0 Å². The molecule has 0 aromatic carbocycles. The molecule has 4 nitrogen and oxygen atoms in total. The Balaban J connectivity index is 0.000000249. The molecule has 1 heterocycles. The monoisotopic (exact) mass is 197 g/mol. The predicted molar refractivity (Wildman–Crippen MR) is 53.3 cm³/mol. The van der Waals surface area contributed by atoms with E-state index in [9.17, 15) is 9.59 Å². The zero-order valence-corrected chi connectivity index (χ0v) is 8.34. The molecule has 1 aliphatic rings. The lowest BCUT2D eigenvalue weighted by atomic mass is 10.4. The third-order valence-electron chi connectivity index (χ3n) is 1.44. The highest BCUT2D eigenvalue weighted by Crippen LogP contribution is 1.93. The van der Waals surface area contributed by atoms with E-state index in [0.717, 1.165) is 25.6 Å². The average molecular weight is 197 g/mol. The van der Waals surface area contributed by atoms with Crippen LogP contribution in [0.1, 0.15) is 19.8 Å². The lowest BCUT2D eigenvalue weighted by molar-refractivity contribution is -0.133. The summed E-state index contributed by atoms with van der Waals surface area (Å²) >= 11 is 0. The molecule has 4 heteroatoms. The zero-order chi connectivity index (χ0) is 11.0. The lowest BCUT2D eigenvalue weighted by Gasteiger charge is -1.92. The Bertz CT molecular complexity index is 238. The highest BCUT2D eigenvalue weighted by atomic mass is 16.5. The van der Waals surface area contributed by atoms with Crippen molar-refractivity contribution in [3.05, 3.63) is 25.0 Å². The maximum atomic E-state index is 10.3. The number of carbonyl (C=O) groups excluding carboxylic acids is 2. The Morgan fingerprint density at radius 1 is 1.64 bits per heavy atom. The van der Waals surface area contributed by atoms with Crippen molar-refractivity contribution < 1.29 is 14.3 Å². The first-order chi connectivity index (χ1) is 6.57. The summed E-state index contributed by atoms with van der Waals surface area (Å²) in [6.45, 7) is 9.01. The first-order valence-electron chi connectivity index (χ1n) is 4.32. The van der Waals surface area contributed by atoms with Crippen molar-refractivity contribution in [3.8, 4) is 0 Å². The van der Waals surface area contributed by atoms with Crippen LogP contribution in [0.5, 0.6) is 0 Å². The van der Waals surface area contributed by atoms with Gasteiger partial charge in [-0.05, 0) is 13.3 Å². The van der Waals surface area contributed by atoms with Gasteiger partial charge in [0, 0.05) is 18.5 Å². The van der Waals surface area contributed by atoms with E-state index in [0.29, 0.717) is 5.57 Å². The van der Waals surface area contributed by atoms with Gasteiger partial charge in [0.05, 0.1) is 6.26 Å². The Hall–Kier alpha value is -1.58. The second-order valence-electron chi connectivity index (χ2n) is 2.81. The van der Waals surface area contributed by atoms with Crippen molar-refractivity contribution in [2.24, 2.45) is 0 Å². The van der Waals surface area contributed by atoms with Crippen molar-refractivity contribution in [3.63, 3.8) is 0 Å². The largest absolute Gasteiger partial charge is 0.432 e. The van der Waals surface area contributed by atoms with Gasteiger partial charge in [-0.3, -0.25) is 4.79 Å². The third kappa shape index (κ3) is 5.99. The van der Waals surface area contributed by atoms with Gasteiger partial charge in [0.1, 0.15) is 0 Å². The van der Waals surface area contributed by atoms with Crippen LogP contribution in [0.15, 0.2) is 25.0 Å². The minimum absolute atomic E-state index is 0.204. The van der Waals surface area contributed by atoms with Crippen LogP contribution in [0.3, 0.4) is 0 Å². The Morgan fingerprint density at radius 2 is 2.29 bits per heavy atom. The van der Waals surface area contributed by atoms with Gasteiger partial charge in [0.25, 0.3) is 0 Å². The highest BCUT2D eigenvalue weighted by Gasteiger charge is 2.05. The normalized spacial score (nSPS) is 13.4. The molecule has 78 valence electrons. The second-order valence-corrected chi connectivity index (χ2v) is 2.81. The smallest absolute Gasteiger partial charge is 0.337 e. The third-order valence-corrected chi connectivity index (χ3v) is 1.44. The van der Waals surface area contributed by atoms with E-state index in [1.807, 2.05) is 0 Å². The van der Waals surface area contributed by atoms with E-state index < -0.39 is 5.97 Å². The summed E-state index contributed by atoms with van der Waals surface area (Å²) in [5.74, 6) is -0.227. The van der Waals surface area contributed by atoms with Crippen LogP contribution >= 0.6 is 0 Å². The Labute approximate surface area is 83.6 Å². The number of esters is 1. The molecule has 0 aliphatic carbocycles. The molecule has 0 aromatic heterocycles. The summed E-state index contributed by atoms with van der Waals surface area (Å²) in [6, 6.07) is 0. The second kappa shape index (κ2) is 6.88. The van der Waals surface area contributed by atoms with Crippen molar-refractivity contribution in [1.29, 1.82) is 0 Å². The van der Waals surface area contributed by atoms with Crippen LogP contribution in [-0.4, -0.2) is 18.4 Å². The Kier molecular flexibility index (Phi) is 6.11. The molecule has 0 saturated carbocycles. The van der Waals surface area contributed by atoms with Crippen molar-refractivity contribution in [2.45, 2.75) is 19.8 Å². The number of hydrogen-bond acceptors (Lipinski definition) is 3. The molecular weight excluding hydrogens is 182 g/mol. The molecule has 1 N–H and O–H groups in total. The van der Waals surface area contributed by atoms with Gasteiger partial charge < -0.3 is 10.1 Å². The summed E-state index contributed by atoms with van der Waals surface area (Å²) in [4.78, 5) is 20.5. The number of rotatable bonds is 2. The lowest BCUT2D eigenvalue weighted by Crippen LogP contribution is -2.12. The number of nitrogens with one attached hydrogen (secondary N) is 1. The summed E-state index contributed by atoms with van der Waals surface area (Å²) in [7, 11) is 0. The van der Waals surface area contributed by atoms with Gasteiger partial charge in [0.2, 0.25) is 5.91 Å². The van der Waals surface area contributed by atoms with E-state index in [2.05, 4.69) is 23.2 Å². The van der Waals surface area contributed by atoms with Crippen LogP contribution in [-0.2, 0) is 14.3 Å². The van der Waals surface area contributed by atoms with Gasteiger partial charge in [0.15, 0.2) is 0 Å². The standard InChI is InChI=1S/C6H8O2.C4H7NO/c1-4-8-6(7)5(2)3;6-4-2-1-3-5-4/h4H,1-2H2,3H3;1-3H2,(H,5,6). The SMILES string of the molecule is C=COC(=O)C(=C)C.O=C1CCCN1. The molecule has 0 atom stereocenters. The summed E-state index contributed by atoms with van der Waals surface area (Å²) in [6.07, 6.45) is 2.84. The van der Waals surface area contributed by atoms with Crippen molar-refractivity contribution >= 4 is 11.9 Å². The molecule has 1 aliphatic heterocycles. The van der Waals surface area contributed by atoms with Crippen molar-refractivity contribution in [1.82, 2.24) is 5.32 Å². The molecular formula is C10H15NO3. The molecule has 1 amide bonds. The first kappa shape index (κ1) is 12.4. The van der Waals surface area contributed by atoms with Crippen LogP contribution in [0.4, 0.5) is 0 Å². The highest BCUT2D eigenvalue weighted by molar-refractivity contribution is 5.87. The van der Waals surface area contributed by atoms with Gasteiger partial charge in [-0.25, -0.2) is 4.79 Å². The fraction of sp³-hybridized carbons (Fsp3) is 0.400. The molecule has 1 fully saturated rings. The minimum atomic E-state index is -0.431. The molecule has 0 aromatic rings. The van der Waals surface area contributed by atoms with E-state index >= 15 is 0 Å². The molecule has 1 rings (SSSR count). The zero-order valence-electron chi connectivity index (χ0n) is 8.34. The van der Waals surface area contributed by atoms with E-state index in [4.69, 9.17) is 0 Å². The summed E-state index contributed by atoms with van der Waals surface area (Å²) < 4.78 is 4.33. The van der Waals surface area contributed by atoms with E-state index in [-0.39, 0.29) is 5.91 Å². The summed E-state index contributed by atoms with van der Waals surface area (Å²) in [5.41, 5.74) is 0.380. The predicted octanol–water partition coefficient (Wildman–Crippen LogP) is 1.15. The number of hydrogen-bond donors (Lipinski definition) is 1. The quantitative estimate of drug-likeness (QED) is 0.410. The first-order valence-corrected chi connectivity index (χ1v) is 4.32. The van der Waals surface area contributed by atoms with Gasteiger partial charge in [-0.1, -0.05) is 13.2 Å². The molecule has 0 spiro atoms. The molecule has 0 bridgehead atoms. The summed E-state index contributed by atoms with van der Waals surface area (Å²) in [5, 5.41) is 2.68. The van der Waals surface area contributed by atoms with Crippen LogP contribution < -0.4 is 5.32 Å². The van der Waals surface area contributed by atoms with Gasteiger partial charge >= 0.3 is 5.97 Å². The number of carbonyl (C=O) groups is 2. The van der Waals surface area contributed by atoms with Gasteiger partial charge in [-0.15, -0.1) is 0 Å². The average Bonchev–Trinajstić information content (AvgIpc) is 2.57. The van der Waals surface area contributed by atoms with E-state index in [1.54, 1.807) is 6.92 Å². The minimum Gasteiger partial charge on any atom is -0.432 e. The molecule has 0 radical (unpaired) electrons. The topological polar surface area (TPSA) is 55.4 Å². The molecule has 1 saturated heterocycles. The maximum Gasteiger partial charge on any atom is 0.337 e. The maximum absolute atomic E-state index is 10.3. The number of ether oxygens (including phenoxy) is 1. The van der Waals surface area contributed by atoms with Crippen LogP contribution in [0.25, 0.3) is 0 Å². The molecule has 0 unspecified atom stereocenters. The fourth-order valence-electron chi connectivity index (χ4n) is 0.741. The molecule has 14 heavy (non-hydrogen) atoms. The van der Waals surface area contributed by atoms with Crippen molar-refractivity contribution in [2.75, 3.05) is 6.54 Å². The Morgan fingerprint density at radius 3 is 2.43 bits per heavy atom. The van der Waals surface area contributed by atoms with Gasteiger partial charge in [-0.2, -0.15) is 0 Å².